The van der Waals surface area contributed by atoms with Crippen LogP contribution in [0.4, 0.5) is 0 Å². The lowest BCUT2D eigenvalue weighted by atomic mass is 9.31. The fraction of sp³-hybridized carbons (Fsp3) is 0.0690. The molecule has 6 heterocycles. The summed E-state index contributed by atoms with van der Waals surface area (Å²) in [5, 5.41) is 5.08. The van der Waals surface area contributed by atoms with Crippen molar-refractivity contribution in [2.24, 2.45) is 0 Å². The molecule has 0 saturated carbocycles. The molecule has 0 bridgehead atoms. The minimum absolute atomic E-state index is 0.0504. The van der Waals surface area contributed by atoms with Gasteiger partial charge in [0.15, 0.2) is 0 Å². The Balaban J connectivity index is 1.03. The van der Waals surface area contributed by atoms with Gasteiger partial charge in [-0.2, -0.15) is 0 Å². The van der Waals surface area contributed by atoms with Crippen molar-refractivity contribution in [3.63, 3.8) is 0 Å². The van der Waals surface area contributed by atoms with Gasteiger partial charge in [-0.15, -0.1) is 0 Å². The van der Waals surface area contributed by atoms with Crippen molar-refractivity contribution in [1.29, 1.82) is 0 Å². The summed E-state index contributed by atoms with van der Waals surface area (Å²) in [6.45, 7) is 8.67. The molecule has 9 aromatic carbocycles. The van der Waals surface area contributed by atoms with E-state index in [1.165, 1.54) is 121 Å². The third-order valence-corrected chi connectivity index (χ3v) is 15.0. The Hall–Kier alpha value is -7.69. The van der Waals surface area contributed by atoms with Crippen molar-refractivity contribution in [2.45, 2.75) is 27.7 Å². The molecular formula is C58H38B2N2O2. The zero-order valence-corrected chi connectivity index (χ0v) is 35.9. The van der Waals surface area contributed by atoms with Crippen molar-refractivity contribution in [1.82, 2.24) is 9.13 Å². The van der Waals surface area contributed by atoms with Crippen LogP contribution in [0.1, 0.15) is 22.3 Å². The van der Waals surface area contributed by atoms with Crippen LogP contribution >= 0.6 is 0 Å². The van der Waals surface area contributed by atoms with E-state index in [0.717, 1.165) is 34.1 Å². The maximum Gasteiger partial charge on any atom is 0.256 e. The highest BCUT2D eigenvalue weighted by atomic mass is 16.5. The average Bonchev–Trinajstić information content (AvgIpc) is 3.84. The van der Waals surface area contributed by atoms with Crippen LogP contribution in [0.5, 0.6) is 23.0 Å². The predicted molar refractivity (Wildman–Crippen MR) is 267 cm³/mol. The number of aryl methyl sites for hydroxylation is 4. The van der Waals surface area contributed by atoms with E-state index in [2.05, 4.69) is 195 Å². The second-order valence-electron chi connectivity index (χ2n) is 18.6. The largest absolute Gasteiger partial charge is 0.458 e. The van der Waals surface area contributed by atoms with Crippen molar-refractivity contribution >= 4 is 89.8 Å². The van der Waals surface area contributed by atoms with E-state index in [4.69, 9.17) is 9.47 Å². The van der Waals surface area contributed by atoms with Gasteiger partial charge in [0.05, 0.1) is 11.0 Å². The van der Waals surface area contributed by atoms with E-state index in [1.54, 1.807) is 0 Å². The zero-order valence-electron chi connectivity index (χ0n) is 35.9. The smallest absolute Gasteiger partial charge is 0.256 e. The van der Waals surface area contributed by atoms with E-state index >= 15 is 0 Å². The fourth-order valence-corrected chi connectivity index (χ4v) is 12.2. The molecule has 2 aromatic heterocycles. The van der Waals surface area contributed by atoms with Crippen LogP contribution in [-0.4, -0.2) is 22.6 Å². The summed E-state index contributed by atoms with van der Waals surface area (Å²) >= 11 is 0. The van der Waals surface area contributed by atoms with Gasteiger partial charge in [0, 0.05) is 50.0 Å². The molecule has 4 aliphatic rings. The topological polar surface area (TPSA) is 28.3 Å². The molecular weight excluding hydrogens is 778 g/mol. The maximum atomic E-state index is 7.29. The number of para-hydroxylation sites is 4. The van der Waals surface area contributed by atoms with Gasteiger partial charge in [-0.05, 0) is 130 Å². The van der Waals surface area contributed by atoms with Gasteiger partial charge in [0.2, 0.25) is 0 Å². The zero-order chi connectivity index (χ0) is 42.3. The standard InChI is InChI=1S/C58H38B2N2O2/c1-31-19-21-33(3)41(23-31)35-25-49-55-53(27-35)63-51-30-52-46(29-45(51)59(55)43-15-9-13-39-37-11-5-7-17-47(37)61(49)57(39)43)60-44-16-10-14-40-38-12-6-8-18-48(38)62(58(40)44)50-26-36(28-54(64-52)56(50)60)42-24-32(2)20-22-34(42)4/h5-30H,1-4H3. The van der Waals surface area contributed by atoms with Gasteiger partial charge in [0.1, 0.15) is 23.0 Å². The van der Waals surface area contributed by atoms with Gasteiger partial charge >= 0.3 is 0 Å². The summed E-state index contributed by atoms with van der Waals surface area (Å²) in [6.07, 6.45) is 0. The van der Waals surface area contributed by atoms with E-state index in [9.17, 15) is 0 Å². The molecule has 64 heavy (non-hydrogen) atoms. The first-order valence-electron chi connectivity index (χ1n) is 22.5. The molecule has 4 aliphatic heterocycles. The Labute approximate surface area is 371 Å². The molecule has 0 spiro atoms. The summed E-state index contributed by atoms with van der Waals surface area (Å²) in [5.41, 5.74) is 24.4. The second kappa shape index (κ2) is 12.1. The van der Waals surface area contributed by atoms with Gasteiger partial charge in [0.25, 0.3) is 13.4 Å². The van der Waals surface area contributed by atoms with Crippen LogP contribution in [0.3, 0.4) is 0 Å². The Bertz CT molecular complexity index is 3730. The average molecular weight is 817 g/mol. The molecule has 0 saturated heterocycles. The first-order chi connectivity index (χ1) is 31.4. The summed E-state index contributed by atoms with van der Waals surface area (Å²) in [4.78, 5) is 0. The molecule has 11 aromatic rings. The molecule has 298 valence electrons. The van der Waals surface area contributed by atoms with Gasteiger partial charge in [-0.1, -0.05) is 126 Å². The minimum atomic E-state index is -0.0504. The number of hydrogen-bond donors (Lipinski definition) is 0. The Morgan fingerprint density at radius 2 is 0.828 bits per heavy atom. The third kappa shape index (κ3) is 4.35. The molecule has 0 aliphatic carbocycles. The summed E-state index contributed by atoms with van der Waals surface area (Å²) in [5.74, 6) is 3.49. The van der Waals surface area contributed by atoms with Gasteiger partial charge in [-0.25, -0.2) is 0 Å². The lowest BCUT2D eigenvalue weighted by Gasteiger charge is -2.37. The highest BCUT2D eigenvalue weighted by Gasteiger charge is 2.45. The third-order valence-electron chi connectivity index (χ3n) is 15.0. The summed E-state index contributed by atoms with van der Waals surface area (Å²) in [6, 6.07) is 59.1. The first kappa shape index (κ1) is 34.8. The van der Waals surface area contributed by atoms with Crippen LogP contribution in [0.2, 0.25) is 0 Å². The molecule has 4 nitrogen and oxygen atoms in total. The molecule has 0 N–H and O–H groups in total. The maximum absolute atomic E-state index is 7.29. The first-order valence-corrected chi connectivity index (χ1v) is 22.5. The molecule has 6 heteroatoms. The van der Waals surface area contributed by atoms with E-state index < -0.39 is 0 Å². The van der Waals surface area contributed by atoms with Crippen LogP contribution < -0.4 is 42.3 Å². The number of benzene rings is 9. The van der Waals surface area contributed by atoms with Crippen LogP contribution in [0.25, 0.3) is 77.2 Å². The monoisotopic (exact) mass is 816 g/mol. The number of aromatic nitrogens is 2. The Morgan fingerprint density at radius 1 is 0.375 bits per heavy atom. The van der Waals surface area contributed by atoms with E-state index in [0.29, 0.717) is 0 Å². The van der Waals surface area contributed by atoms with Gasteiger partial charge < -0.3 is 18.6 Å². The SMILES string of the molecule is Cc1ccc(C)c(-c2cc3c4c(c2)-n2c5ccccc5c5cccc(c52)B4c2cc4c(cc2O3)Oc2cc(-c3cc(C)ccc3C)cc3c2B4c2cccc4c5ccccc5n-3c24)c1. The van der Waals surface area contributed by atoms with Crippen molar-refractivity contribution in [3.8, 4) is 56.6 Å². The highest BCUT2D eigenvalue weighted by Crippen LogP contribution is 2.44. The van der Waals surface area contributed by atoms with E-state index in [-0.39, 0.29) is 13.4 Å². The quantitative estimate of drug-likeness (QED) is 0.163. The van der Waals surface area contributed by atoms with E-state index in [1.807, 2.05) is 0 Å². The number of hydrogen-bond acceptors (Lipinski definition) is 2. The molecule has 0 atom stereocenters. The number of rotatable bonds is 2. The van der Waals surface area contributed by atoms with Crippen LogP contribution in [0, 0.1) is 27.7 Å². The number of ether oxygens (including phenoxy) is 2. The predicted octanol–water partition coefficient (Wildman–Crippen LogP) is 10.3. The minimum Gasteiger partial charge on any atom is -0.458 e. The lowest BCUT2D eigenvalue weighted by molar-refractivity contribution is 0.465. The highest BCUT2D eigenvalue weighted by molar-refractivity contribution is 7.02. The van der Waals surface area contributed by atoms with Crippen LogP contribution in [0.15, 0.2) is 158 Å². The molecule has 0 radical (unpaired) electrons. The van der Waals surface area contributed by atoms with Gasteiger partial charge in [-0.3, -0.25) is 0 Å². The number of fused-ring (bicyclic) bond motifs is 14. The molecule has 15 rings (SSSR count). The van der Waals surface area contributed by atoms with Crippen molar-refractivity contribution in [3.05, 3.63) is 180 Å². The molecule has 0 amide bonds. The Morgan fingerprint density at radius 3 is 1.31 bits per heavy atom. The normalized spacial score (nSPS) is 13.5. The number of nitrogens with zero attached hydrogens (tertiary/aromatic N) is 2. The summed E-state index contributed by atoms with van der Waals surface area (Å²) in [7, 11) is 0. The second-order valence-corrected chi connectivity index (χ2v) is 18.6. The summed E-state index contributed by atoms with van der Waals surface area (Å²) < 4.78 is 19.6. The van der Waals surface area contributed by atoms with Crippen molar-refractivity contribution < 1.29 is 9.47 Å². The Kier molecular flexibility index (Phi) is 6.57. The molecule has 0 unspecified atom stereocenters. The fourth-order valence-electron chi connectivity index (χ4n) is 12.2. The van der Waals surface area contributed by atoms with Crippen molar-refractivity contribution in [2.75, 3.05) is 0 Å². The lowest BCUT2D eigenvalue weighted by Crippen LogP contribution is -2.62. The molecule has 0 fully saturated rings. The van der Waals surface area contributed by atoms with Crippen LogP contribution in [-0.2, 0) is 0 Å².